The zero-order valence-electron chi connectivity index (χ0n) is 16.1. The molecule has 0 amide bonds. The molecule has 0 aliphatic heterocycles. The number of aromatic nitrogens is 1. The van der Waals surface area contributed by atoms with E-state index in [0.717, 1.165) is 42.7 Å². The molecular formula is C25H26N2O. The summed E-state index contributed by atoms with van der Waals surface area (Å²) in [4.78, 5) is 3.56. The second-order valence-corrected chi connectivity index (χ2v) is 6.99. The topological polar surface area (TPSA) is 37.0 Å². The number of allylic oxidation sites excluding steroid dienone is 1. The molecule has 0 aliphatic carbocycles. The first-order valence-electron chi connectivity index (χ1n) is 9.87. The van der Waals surface area contributed by atoms with Crippen molar-refractivity contribution in [2.45, 2.75) is 19.4 Å². The van der Waals surface area contributed by atoms with Gasteiger partial charge >= 0.3 is 0 Å². The van der Waals surface area contributed by atoms with Gasteiger partial charge in [-0.05, 0) is 43.1 Å². The molecule has 142 valence electrons. The molecule has 0 unspecified atom stereocenters. The Morgan fingerprint density at radius 3 is 2.61 bits per heavy atom. The fourth-order valence-electron chi connectivity index (χ4n) is 3.65. The molecule has 3 heteroatoms. The molecule has 0 saturated heterocycles. The lowest BCUT2D eigenvalue weighted by molar-refractivity contribution is 0.306. The lowest BCUT2D eigenvalue weighted by Gasteiger charge is -2.12. The van der Waals surface area contributed by atoms with E-state index in [-0.39, 0.29) is 0 Å². The Morgan fingerprint density at radius 1 is 0.929 bits per heavy atom. The molecule has 0 saturated carbocycles. The predicted octanol–water partition coefficient (Wildman–Crippen LogP) is 5.61. The van der Waals surface area contributed by atoms with Gasteiger partial charge in [0.25, 0.3) is 0 Å². The minimum Gasteiger partial charge on any atom is -0.493 e. The van der Waals surface area contributed by atoms with Gasteiger partial charge < -0.3 is 15.0 Å². The molecule has 3 aromatic carbocycles. The van der Waals surface area contributed by atoms with Crippen molar-refractivity contribution in [2.24, 2.45) is 0 Å². The van der Waals surface area contributed by atoms with Gasteiger partial charge in [0.1, 0.15) is 5.75 Å². The predicted molar refractivity (Wildman–Crippen MR) is 118 cm³/mol. The molecule has 1 heterocycles. The number of para-hydroxylation sites is 1. The van der Waals surface area contributed by atoms with Crippen LogP contribution >= 0.6 is 0 Å². The summed E-state index contributed by atoms with van der Waals surface area (Å²) in [6.45, 7) is 6.44. The van der Waals surface area contributed by atoms with Crippen molar-refractivity contribution in [3.63, 3.8) is 0 Å². The Kier molecular flexibility index (Phi) is 5.74. The Hall–Kier alpha value is -3.04. The average Bonchev–Trinajstić information content (AvgIpc) is 3.12. The highest BCUT2D eigenvalue weighted by Crippen LogP contribution is 2.33. The number of fused-ring (bicyclic) bond motifs is 3. The molecule has 0 radical (unpaired) electrons. The number of nitrogens with one attached hydrogen (secondary N) is 2. The molecule has 0 fully saturated rings. The number of ether oxygens (including phenoxy) is 1. The van der Waals surface area contributed by atoms with E-state index in [2.05, 4.69) is 77.5 Å². The van der Waals surface area contributed by atoms with Gasteiger partial charge in [-0.2, -0.15) is 0 Å². The Balaban J connectivity index is 1.41. The van der Waals surface area contributed by atoms with Crippen LogP contribution in [-0.2, 0) is 13.0 Å². The minimum absolute atomic E-state index is 0.692. The summed E-state index contributed by atoms with van der Waals surface area (Å²) in [5.74, 6) is 0.946. The maximum absolute atomic E-state index is 6.14. The normalized spacial score (nSPS) is 11.1. The molecule has 0 atom stereocenters. The first-order valence-corrected chi connectivity index (χ1v) is 9.87. The van der Waals surface area contributed by atoms with E-state index in [1.807, 2.05) is 12.1 Å². The van der Waals surface area contributed by atoms with Gasteiger partial charge in [-0.1, -0.05) is 54.6 Å². The fraction of sp³-hybridized carbons (Fsp3) is 0.200. The standard InChI is InChI=1S/C25H26N2O/c1-2-9-22-24(28-17-8-16-26-18-19-10-4-3-5-11-19)15-14-21-20-12-6-7-13-23(20)27-25(21)22/h2-7,10-15,26-27H,1,8-9,16-18H2. The summed E-state index contributed by atoms with van der Waals surface area (Å²) in [6.07, 6.45) is 3.69. The Bertz CT molecular complexity index is 1070. The quantitative estimate of drug-likeness (QED) is 0.297. The lowest BCUT2D eigenvalue weighted by Crippen LogP contribution is -2.17. The van der Waals surface area contributed by atoms with E-state index in [0.29, 0.717) is 6.61 Å². The van der Waals surface area contributed by atoms with Crippen LogP contribution in [-0.4, -0.2) is 18.1 Å². The zero-order chi connectivity index (χ0) is 19.2. The van der Waals surface area contributed by atoms with Crippen molar-refractivity contribution in [2.75, 3.05) is 13.2 Å². The highest BCUT2D eigenvalue weighted by molar-refractivity contribution is 6.08. The van der Waals surface area contributed by atoms with E-state index in [1.54, 1.807) is 0 Å². The number of hydrogen-bond donors (Lipinski definition) is 2. The van der Waals surface area contributed by atoms with E-state index >= 15 is 0 Å². The van der Waals surface area contributed by atoms with Gasteiger partial charge in [0, 0.05) is 28.4 Å². The molecule has 3 nitrogen and oxygen atoms in total. The highest BCUT2D eigenvalue weighted by Gasteiger charge is 2.12. The van der Waals surface area contributed by atoms with Crippen LogP contribution in [0.3, 0.4) is 0 Å². The van der Waals surface area contributed by atoms with Crippen LogP contribution < -0.4 is 10.1 Å². The van der Waals surface area contributed by atoms with Crippen LogP contribution in [0.2, 0.25) is 0 Å². The minimum atomic E-state index is 0.692. The van der Waals surface area contributed by atoms with Crippen LogP contribution in [0.25, 0.3) is 21.8 Å². The number of benzene rings is 3. The first-order chi connectivity index (χ1) is 13.9. The zero-order valence-corrected chi connectivity index (χ0v) is 16.1. The van der Waals surface area contributed by atoms with Gasteiger partial charge in [-0.3, -0.25) is 0 Å². The third-order valence-electron chi connectivity index (χ3n) is 5.02. The number of rotatable bonds is 9. The van der Waals surface area contributed by atoms with E-state index in [9.17, 15) is 0 Å². The summed E-state index contributed by atoms with van der Waals surface area (Å²) < 4.78 is 6.14. The van der Waals surface area contributed by atoms with Crippen LogP contribution in [0.4, 0.5) is 0 Å². The number of hydrogen-bond acceptors (Lipinski definition) is 2. The monoisotopic (exact) mass is 370 g/mol. The SMILES string of the molecule is C=CCc1c(OCCCNCc2ccccc2)ccc2c1[nH]c1ccccc12. The summed E-state index contributed by atoms with van der Waals surface area (Å²) in [5.41, 5.74) is 4.80. The average molecular weight is 370 g/mol. The molecular weight excluding hydrogens is 344 g/mol. The summed E-state index contributed by atoms with van der Waals surface area (Å²) in [7, 11) is 0. The number of H-pyrrole nitrogens is 1. The van der Waals surface area contributed by atoms with E-state index < -0.39 is 0 Å². The second kappa shape index (κ2) is 8.77. The van der Waals surface area contributed by atoms with E-state index in [1.165, 1.54) is 21.9 Å². The maximum atomic E-state index is 6.14. The second-order valence-electron chi connectivity index (χ2n) is 6.99. The van der Waals surface area contributed by atoms with Gasteiger partial charge in [0.15, 0.2) is 0 Å². The Morgan fingerprint density at radius 2 is 1.75 bits per heavy atom. The van der Waals surface area contributed by atoms with Crippen molar-refractivity contribution < 1.29 is 4.74 Å². The summed E-state index contributed by atoms with van der Waals surface area (Å²) >= 11 is 0. The van der Waals surface area contributed by atoms with Gasteiger partial charge in [0.05, 0.1) is 12.1 Å². The number of aromatic amines is 1. The van der Waals surface area contributed by atoms with Crippen molar-refractivity contribution in [3.8, 4) is 5.75 Å². The van der Waals surface area contributed by atoms with Gasteiger partial charge in [0.2, 0.25) is 0 Å². The van der Waals surface area contributed by atoms with Crippen LogP contribution in [0.5, 0.6) is 5.75 Å². The summed E-state index contributed by atoms with van der Waals surface area (Å²) in [5, 5.41) is 5.96. The molecule has 4 aromatic rings. The lowest BCUT2D eigenvalue weighted by atomic mass is 10.1. The molecule has 28 heavy (non-hydrogen) atoms. The van der Waals surface area contributed by atoms with Crippen molar-refractivity contribution in [3.05, 3.63) is 90.5 Å². The third-order valence-corrected chi connectivity index (χ3v) is 5.02. The van der Waals surface area contributed by atoms with Crippen molar-refractivity contribution in [1.82, 2.24) is 10.3 Å². The largest absolute Gasteiger partial charge is 0.493 e. The Labute approximate surface area is 166 Å². The summed E-state index contributed by atoms with van der Waals surface area (Å²) in [6, 6.07) is 23.1. The first kappa shape index (κ1) is 18.3. The molecule has 0 bridgehead atoms. The van der Waals surface area contributed by atoms with Crippen LogP contribution in [0.15, 0.2) is 79.4 Å². The molecule has 0 aliphatic rings. The van der Waals surface area contributed by atoms with Crippen molar-refractivity contribution >= 4 is 21.8 Å². The van der Waals surface area contributed by atoms with Crippen LogP contribution in [0, 0.1) is 0 Å². The fourth-order valence-corrected chi connectivity index (χ4v) is 3.65. The third kappa shape index (κ3) is 3.95. The van der Waals surface area contributed by atoms with Gasteiger partial charge in [-0.25, -0.2) is 0 Å². The smallest absolute Gasteiger partial charge is 0.124 e. The molecule has 2 N–H and O–H groups in total. The maximum Gasteiger partial charge on any atom is 0.124 e. The van der Waals surface area contributed by atoms with Crippen LogP contribution in [0.1, 0.15) is 17.5 Å². The molecule has 0 spiro atoms. The molecule has 4 rings (SSSR count). The van der Waals surface area contributed by atoms with Gasteiger partial charge in [-0.15, -0.1) is 6.58 Å². The van der Waals surface area contributed by atoms with Crippen molar-refractivity contribution in [1.29, 1.82) is 0 Å². The molecule has 1 aromatic heterocycles. The highest BCUT2D eigenvalue weighted by atomic mass is 16.5. The van der Waals surface area contributed by atoms with E-state index in [4.69, 9.17) is 4.74 Å².